The summed E-state index contributed by atoms with van der Waals surface area (Å²) in [6.45, 7) is 2.03. The molecule has 1 heterocycles. The molecule has 0 atom stereocenters. The summed E-state index contributed by atoms with van der Waals surface area (Å²) >= 11 is 5.94. The van der Waals surface area contributed by atoms with Crippen molar-refractivity contribution < 1.29 is 4.79 Å². The van der Waals surface area contributed by atoms with E-state index < -0.39 is 11.5 Å². The topological polar surface area (TPSA) is 74.9 Å². The van der Waals surface area contributed by atoms with E-state index in [9.17, 15) is 9.59 Å². The van der Waals surface area contributed by atoms with Gasteiger partial charge in [-0.1, -0.05) is 29.8 Å². The van der Waals surface area contributed by atoms with Crippen LogP contribution in [0.25, 0.3) is 5.69 Å². The van der Waals surface area contributed by atoms with Gasteiger partial charge in [0.15, 0.2) is 0 Å². The van der Waals surface area contributed by atoms with Gasteiger partial charge in [-0.25, -0.2) is 0 Å². The molecule has 0 bridgehead atoms. The van der Waals surface area contributed by atoms with Crippen LogP contribution in [0.4, 0.5) is 0 Å². The van der Waals surface area contributed by atoms with Gasteiger partial charge in [0.05, 0.1) is 17.3 Å². The summed E-state index contributed by atoms with van der Waals surface area (Å²) in [7, 11) is 0. The standard InChI is InChI=1S/C21H16ClN3O2/c1-14-8-9-19(20(26)24-13-16-5-2-6-17(22)10-16)21(27)25(14)18-7-3-4-15(11-18)12-23/h2-11H,13H2,1H3,(H,24,26). The molecular formula is C21H16ClN3O2. The fraction of sp³-hybridized carbons (Fsp3) is 0.0952. The second-order valence-corrected chi connectivity index (χ2v) is 6.44. The van der Waals surface area contributed by atoms with Crippen LogP contribution in [0.15, 0.2) is 65.5 Å². The van der Waals surface area contributed by atoms with Gasteiger partial charge >= 0.3 is 0 Å². The molecule has 0 saturated carbocycles. The van der Waals surface area contributed by atoms with Crippen LogP contribution < -0.4 is 10.9 Å². The number of halogens is 1. The molecule has 1 N–H and O–H groups in total. The quantitative estimate of drug-likeness (QED) is 0.754. The molecule has 2 aromatic carbocycles. The molecule has 0 saturated heterocycles. The molecule has 1 amide bonds. The SMILES string of the molecule is Cc1ccc(C(=O)NCc2cccc(Cl)c2)c(=O)n1-c1cccc(C#N)c1. The third-order valence-electron chi connectivity index (χ3n) is 4.10. The average Bonchev–Trinajstić information content (AvgIpc) is 2.66. The van der Waals surface area contributed by atoms with Crippen LogP contribution in [-0.2, 0) is 6.54 Å². The van der Waals surface area contributed by atoms with Gasteiger partial charge in [0.2, 0.25) is 0 Å². The van der Waals surface area contributed by atoms with E-state index in [1.165, 1.54) is 10.6 Å². The van der Waals surface area contributed by atoms with Crippen LogP contribution in [-0.4, -0.2) is 10.5 Å². The van der Waals surface area contributed by atoms with E-state index in [1.54, 1.807) is 55.5 Å². The number of nitriles is 1. The lowest BCUT2D eigenvalue weighted by Gasteiger charge is -2.12. The lowest BCUT2D eigenvalue weighted by atomic mass is 10.1. The number of hydrogen-bond acceptors (Lipinski definition) is 3. The van der Waals surface area contributed by atoms with Gasteiger partial charge in [0.1, 0.15) is 5.56 Å². The summed E-state index contributed by atoms with van der Waals surface area (Å²) in [5, 5.41) is 12.4. The predicted octanol–water partition coefficient (Wildman–Crippen LogP) is 3.60. The van der Waals surface area contributed by atoms with Gasteiger partial charge in [-0.15, -0.1) is 0 Å². The number of nitrogens with one attached hydrogen (secondary N) is 1. The van der Waals surface area contributed by atoms with E-state index in [0.29, 0.717) is 22.0 Å². The van der Waals surface area contributed by atoms with E-state index in [2.05, 4.69) is 11.4 Å². The Kier molecular flexibility index (Phi) is 5.39. The molecule has 3 rings (SSSR count). The first-order chi connectivity index (χ1) is 13.0. The van der Waals surface area contributed by atoms with Crippen LogP contribution in [0.5, 0.6) is 0 Å². The fourth-order valence-corrected chi connectivity index (χ4v) is 2.98. The van der Waals surface area contributed by atoms with Crippen molar-refractivity contribution in [2.75, 3.05) is 0 Å². The fourth-order valence-electron chi connectivity index (χ4n) is 2.76. The van der Waals surface area contributed by atoms with Crippen molar-refractivity contribution in [2.45, 2.75) is 13.5 Å². The Morgan fingerprint density at radius 2 is 1.93 bits per heavy atom. The molecule has 0 aliphatic heterocycles. The Balaban J connectivity index is 1.91. The van der Waals surface area contributed by atoms with Crippen molar-refractivity contribution in [1.29, 1.82) is 5.26 Å². The molecule has 0 aliphatic rings. The van der Waals surface area contributed by atoms with Crippen molar-refractivity contribution in [2.24, 2.45) is 0 Å². The van der Waals surface area contributed by atoms with Crippen LogP contribution in [0, 0.1) is 18.3 Å². The number of carbonyl (C=O) groups excluding carboxylic acids is 1. The minimum atomic E-state index is -0.467. The van der Waals surface area contributed by atoms with E-state index in [-0.39, 0.29) is 12.1 Å². The molecule has 0 unspecified atom stereocenters. The maximum Gasteiger partial charge on any atom is 0.268 e. The Morgan fingerprint density at radius 1 is 1.15 bits per heavy atom. The second kappa shape index (κ2) is 7.90. The minimum absolute atomic E-state index is 0.0324. The average molecular weight is 378 g/mol. The zero-order chi connectivity index (χ0) is 19.4. The van der Waals surface area contributed by atoms with Crippen molar-refractivity contribution in [3.8, 4) is 11.8 Å². The number of benzene rings is 2. The Labute approximate surface area is 161 Å². The maximum absolute atomic E-state index is 12.9. The van der Waals surface area contributed by atoms with E-state index in [1.807, 2.05) is 6.07 Å². The first-order valence-electron chi connectivity index (χ1n) is 8.25. The number of pyridine rings is 1. The molecule has 0 radical (unpaired) electrons. The molecule has 27 heavy (non-hydrogen) atoms. The van der Waals surface area contributed by atoms with Crippen molar-refractivity contribution >= 4 is 17.5 Å². The molecule has 6 heteroatoms. The van der Waals surface area contributed by atoms with Crippen LogP contribution in [0.2, 0.25) is 5.02 Å². The first-order valence-corrected chi connectivity index (χ1v) is 8.63. The van der Waals surface area contributed by atoms with Gasteiger partial charge in [-0.3, -0.25) is 14.2 Å². The lowest BCUT2D eigenvalue weighted by molar-refractivity contribution is 0.0949. The number of hydrogen-bond donors (Lipinski definition) is 1. The molecular weight excluding hydrogens is 362 g/mol. The number of carbonyl (C=O) groups is 1. The summed E-state index contributed by atoms with van der Waals surface area (Å²) in [5.74, 6) is -0.467. The number of amides is 1. The number of aryl methyl sites for hydroxylation is 1. The van der Waals surface area contributed by atoms with E-state index in [0.717, 1.165) is 5.56 Å². The van der Waals surface area contributed by atoms with Gasteiger partial charge in [-0.05, 0) is 55.0 Å². The summed E-state index contributed by atoms with van der Waals surface area (Å²) in [5.41, 5.74) is 2.08. The maximum atomic E-state index is 12.9. The highest BCUT2D eigenvalue weighted by atomic mass is 35.5. The molecule has 5 nitrogen and oxygen atoms in total. The van der Waals surface area contributed by atoms with Gasteiger partial charge < -0.3 is 5.32 Å². The molecule has 134 valence electrons. The highest BCUT2D eigenvalue weighted by molar-refractivity contribution is 6.30. The van der Waals surface area contributed by atoms with Crippen molar-refractivity contribution in [3.63, 3.8) is 0 Å². The van der Waals surface area contributed by atoms with Crippen molar-refractivity contribution in [1.82, 2.24) is 9.88 Å². The van der Waals surface area contributed by atoms with Gasteiger partial charge in [-0.2, -0.15) is 5.26 Å². The molecule has 0 spiro atoms. The third kappa shape index (κ3) is 4.08. The third-order valence-corrected chi connectivity index (χ3v) is 4.33. The predicted molar refractivity (Wildman–Crippen MR) is 104 cm³/mol. The minimum Gasteiger partial charge on any atom is -0.348 e. The number of aromatic nitrogens is 1. The Morgan fingerprint density at radius 3 is 2.67 bits per heavy atom. The summed E-state index contributed by atoms with van der Waals surface area (Å²) in [6, 6.07) is 19.1. The summed E-state index contributed by atoms with van der Waals surface area (Å²) in [6.07, 6.45) is 0. The molecule has 1 aromatic heterocycles. The zero-order valence-electron chi connectivity index (χ0n) is 14.6. The van der Waals surface area contributed by atoms with Crippen LogP contribution in [0.3, 0.4) is 0 Å². The largest absolute Gasteiger partial charge is 0.348 e. The smallest absolute Gasteiger partial charge is 0.268 e. The van der Waals surface area contributed by atoms with E-state index in [4.69, 9.17) is 16.9 Å². The summed E-state index contributed by atoms with van der Waals surface area (Å²) < 4.78 is 1.43. The Hall–Kier alpha value is -3.36. The van der Waals surface area contributed by atoms with Crippen LogP contribution in [0.1, 0.15) is 27.2 Å². The second-order valence-electron chi connectivity index (χ2n) is 6.00. The lowest BCUT2D eigenvalue weighted by Crippen LogP contribution is -2.33. The monoisotopic (exact) mass is 377 g/mol. The van der Waals surface area contributed by atoms with Crippen molar-refractivity contribution in [3.05, 3.63) is 98.4 Å². The normalized spacial score (nSPS) is 10.3. The number of nitrogens with zero attached hydrogens (tertiary/aromatic N) is 2. The molecule has 0 fully saturated rings. The first kappa shape index (κ1) is 18.4. The summed E-state index contributed by atoms with van der Waals surface area (Å²) in [4.78, 5) is 25.4. The van der Waals surface area contributed by atoms with E-state index >= 15 is 0 Å². The van der Waals surface area contributed by atoms with Crippen LogP contribution >= 0.6 is 11.6 Å². The Bertz CT molecular complexity index is 1110. The number of rotatable bonds is 4. The zero-order valence-corrected chi connectivity index (χ0v) is 15.3. The van der Waals surface area contributed by atoms with Gasteiger partial charge in [0, 0.05) is 17.3 Å². The molecule has 3 aromatic rings. The highest BCUT2D eigenvalue weighted by Crippen LogP contribution is 2.12. The van der Waals surface area contributed by atoms with Gasteiger partial charge in [0.25, 0.3) is 11.5 Å². The molecule has 0 aliphatic carbocycles. The highest BCUT2D eigenvalue weighted by Gasteiger charge is 2.15.